The number of aliphatic hydroxyl groups excluding tert-OH is 1. The summed E-state index contributed by atoms with van der Waals surface area (Å²) in [4.78, 5) is 2.06. The van der Waals surface area contributed by atoms with E-state index in [0.29, 0.717) is 13.0 Å². The molecular weight excluding hydrogens is 140 g/mol. The van der Waals surface area contributed by atoms with E-state index in [4.69, 9.17) is 10.4 Å². The quantitative estimate of drug-likeness (QED) is 0.634. The summed E-state index contributed by atoms with van der Waals surface area (Å²) in [6, 6.07) is 2.08. The Bertz CT molecular complexity index is 129. The van der Waals surface area contributed by atoms with E-state index in [1.54, 1.807) is 6.92 Å². The third kappa shape index (κ3) is 5.84. The molecule has 0 spiro atoms. The van der Waals surface area contributed by atoms with Gasteiger partial charge >= 0.3 is 0 Å². The van der Waals surface area contributed by atoms with E-state index >= 15 is 0 Å². The second-order valence-corrected chi connectivity index (χ2v) is 2.65. The molecule has 0 aromatic rings. The number of rotatable bonds is 5. The molecule has 0 aliphatic heterocycles. The maximum Gasteiger partial charge on any atom is 0.0639 e. The molecule has 11 heavy (non-hydrogen) atoms. The fraction of sp³-hybridized carbons (Fsp3) is 0.875. The molecule has 64 valence electrons. The van der Waals surface area contributed by atoms with Crippen molar-refractivity contribution in [3.8, 4) is 6.07 Å². The van der Waals surface area contributed by atoms with Crippen molar-refractivity contribution in [3.05, 3.63) is 0 Å². The summed E-state index contributed by atoms with van der Waals surface area (Å²) >= 11 is 0. The number of likely N-dealkylation sites (N-methyl/N-ethyl adjacent to an activating group) is 1. The van der Waals surface area contributed by atoms with Crippen molar-refractivity contribution in [2.24, 2.45) is 0 Å². The Balaban J connectivity index is 3.51. The minimum absolute atomic E-state index is 0.298. The number of nitriles is 1. The maximum atomic E-state index is 9.03. The highest BCUT2D eigenvalue weighted by Crippen LogP contribution is 1.92. The van der Waals surface area contributed by atoms with Gasteiger partial charge in [-0.1, -0.05) is 6.92 Å². The fourth-order valence-electron chi connectivity index (χ4n) is 0.960. The molecule has 3 heteroatoms. The highest BCUT2D eigenvalue weighted by molar-refractivity contribution is 4.72. The summed E-state index contributed by atoms with van der Waals surface area (Å²) in [5, 5.41) is 17.3. The van der Waals surface area contributed by atoms with Gasteiger partial charge in [-0.05, 0) is 13.5 Å². The zero-order valence-corrected chi connectivity index (χ0v) is 7.25. The van der Waals surface area contributed by atoms with Crippen LogP contribution in [-0.2, 0) is 0 Å². The number of hydrogen-bond donors (Lipinski definition) is 1. The van der Waals surface area contributed by atoms with E-state index in [1.165, 1.54) is 0 Å². The van der Waals surface area contributed by atoms with Gasteiger partial charge in [-0.15, -0.1) is 0 Å². The maximum absolute atomic E-state index is 9.03. The van der Waals surface area contributed by atoms with Gasteiger partial charge in [-0.25, -0.2) is 0 Å². The molecule has 0 heterocycles. The van der Waals surface area contributed by atoms with Gasteiger partial charge < -0.3 is 10.0 Å². The van der Waals surface area contributed by atoms with Crippen molar-refractivity contribution >= 4 is 0 Å². The van der Waals surface area contributed by atoms with Gasteiger partial charge in [0.05, 0.1) is 12.2 Å². The first-order valence-electron chi connectivity index (χ1n) is 3.98. The minimum atomic E-state index is -0.298. The SMILES string of the molecule is CCN(CCC#N)C[C@@H](C)O. The van der Waals surface area contributed by atoms with Crippen LogP contribution < -0.4 is 0 Å². The Morgan fingerprint density at radius 1 is 1.64 bits per heavy atom. The lowest BCUT2D eigenvalue weighted by Crippen LogP contribution is -2.31. The lowest BCUT2D eigenvalue weighted by Gasteiger charge is -2.19. The van der Waals surface area contributed by atoms with Crippen LogP contribution in [0.4, 0.5) is 0 Å². The molecule has 0 saturated heterocycles. The molecule has 0 saturated carbocycles. The van der Waals surface area contributed by atoms with Crippen molar-refractivity contribution < 1.29 is 5.11 Å². The van der Waals surface area contributed by atoms with Gasteiger partial charge in [0.15, 0.2) is 0 Å². The van der Waals surface area contributed by atoms with E-state index in [2.05, 4.69) is 11.0 Å². The lowest BCUT2D eigenvalue weighted by molar-refractivity contribution is 0.131. The first-order valence-corrected chi connectivity index (χ1v) is 3.98. The van der Waals surface area contributed by atoms with E-state index in [9.17, 15) is 0 Å². The molecule has 0 bridgehead atoms. The second-order valence-electron chi connectivity index (χ2n) is 2.65. The van der Waals surface area contributed by atoms with Crippen molar-refractivity contribution in [1.82, 2.24) is 4.90 Å². The predicted molar refractivity (Wildman–Crippen MR) is 44.0 cm³/mol. The first kappa shape index (κ1) is 10.4. The first-order chi connectivity index (χ1) is 5.20. The van der Waals surface area contributed by atoms with Crippen LogP contribution in [0.5, 0.6) is 0 Å². The molecule has 0 aliphatic carbocycles. The average molecular weight is 156 g/mol. The van der Waals surface area contributed by atoms with Crippen molar-refractivity contribution in [2.75, 3.05) is 19.6 Å². The zero-order chi connectivity index (χ0) is 8.69. The van der Waals surface area contributed by atoms with Crippen LogP contribution in [0.1, 0.15) is 20.3 Å². The third-order valence-corrected chi connectivity index (χ3v) is 1.51. The third-order valence-electron chi connectivity index (χ3n) is 1.51. The van der Waals surface area contributed by atoms with Gasteiger partial charge in [0.25, 0.3) is 0 Å². The largest absolute Gasteiger partial charge is 0.392 e. The van der Waals surface area contributed by atoms with E-state index in [0.717, 1.165) is 13.1 Å². The van der Waals surface area contributed by atoms with Gasteiger partial charge in [-0.2, -0.15) is 5.26 Å². The minimum Gasteiger partial charge on any atom is -0.392 e. The predicted octanol–water partition coefficient (Wildman–Crippen LogP) is 0.603. The highest BCUT2D eigenvalue weighted by Gasteiger charge is 2.04. The Hall–Kier alpha value is -0.590. The molecule has 3 nitrogen and oxygen atoms in total. The molecule has 0 fully saturated rings. The Labute approximate surface area is 68.2 Å². The van der Waals surface area contributed by atoms with Crippen LogP contribution in [0.3, 0.4) is 0 Å². The summed E-state index contributed by atoms with van der Waals surface area (Å²) < 4.78 is 0. The van der Waals surface area contributed by atoms with E-state index < -0.39 is 0 Å². The summed E-state index contributed by atoms with van der Waals surface area (Å²) in [5.74, 6) is 0. The number of hydrogen-bond acceptors (Lipinski definition) is 3. The van der Waals surface area contributed by atoms with Crippen molar-refractivity contribution in [2.45, 2.75) is 26.4 Å². The Kier molecular flexibility index (Phi) is 5.81. The van der Waals surface area contributed by atoms with Crippen LogP contribution in [0.25, 0.3) is 0 Å². The van der Waals surface area contributed by atoms with Gasteiger partial charge in [-0.3, -0.25) is 0 Å². The van der Waals surface area contributed by atoms with Crippen LogP contribution >= 0.6 is 0 Å². The smallest absolute Gasteiger partial charge is 0.0639 e. The Morgan fingerprint density at radius 3 is 2.64 bits per heavy atom. The Morgan fingerprint density at radius 2 is 2.27 bits per heavy atom. The highest BCUT2D eigenvalue weighted by atomic mass is 16.3. The van der Waals surface area contributed by atoms with Crippen molar-refractivity contribution in [3.63, 3.8) is 0 Å². The van der Waals surface area contributed by atoms with Gasteiger partial charge in [0, 0.05) is 19.5 Å². The molecule has 0 radical (unpaired) electrons. The normalized spacial score (nSPS) is 13.0. The lowest BCUT2D eigenvalue weighted by atomic mass is 10.3. The molecule has 0 amide bonds. The molecule has 1 N–H and O–H groups in total. The van der Waals surface area contributed by atoms with Crippen LogP contribution in [0.2, 0.25) is 0 Å². The zero-order valence-electron chi connectivity index (χ0n) is 7.25. The average Bonchev–Trinajstić information content (AvgIpc) is 1.97. The van der Waals surface area contributed by atoms with Crippen LogP contribution in [0, 0.1) is 11.3 Å². The van der Waals surface area contributed by atoms with Crippen LogP contribution in [-0.4, -0.2) is 35.7 Å². The molecular formula is C8H16N2O. The van der Waals surface area contributed by atoms with Crippen molar-refractivity contribution in [1.29, 1.82) is 5.26 Å². The number of nitrogens with zero attached hydrogens (tertiary/aromatic N) is 2. The molecule has 1 atom stereocenters. The van der Waals surface area contributed by atoms with Crippen LogP contribution in [0.15, 0.2) is 0 Å². The molecule has 0 unspecified atom stereocenters. The monoisotopic (exact) mass is 156 g/mol. The summed E-state index contributed by atoms with van der Waals surface area (Å²) in [5.41, 5.74) is 0. The molecule has 0 rings (SSSR count). The molecule has 0 aromatic carbocycles. The topological polar surface area (TPSA) is 47.3 Å². The number of aliphatic hydroxyl groups is 1. The van der Waals surface area contributed by atoms with Gasteiger partial charge in [0.2, 0.25) is 0 Å². The summed E-state index contributed by atoms with van der Waals surface area (Å²) in [6.45, 7) is 6.11. The fourth-order valence-corrected chi connectivity index (χ4v) is 0.960. The standard InChI is InChI=1S/C8H16N2O/c1-3-10(6-4-5-9)7-8(2)11/h8,11H,3-4,6-7H2,1-2H3/t8-/m1/s1. The van der Waals surface area contributed by atoms with E-state index in [1.807, 2.05) is 6.92 Å². The summed E-state index contributed by atoms with van der Waals surface area (Å²) in [7, 11) is 0. The molecule has 0 aromatic heterocycles. The second kappa shape index (κ2) is 6.14. The molecule has 0 aliphatic rings. The van der Waals surface area contributed by atoms with Gasteiger partial charge in [0.1, 0.15) is 0 Å². The van der Waals surface area contributed by atoms with E-state index in [-0.39, 0.29) is 6.10 Å². The summed E-state index contributed by atoms with van der Waals surface area (Å²) in [6.07, 6.45) is 0.245.